The predicted molar refractivity (Wildman–Crippen MR) is 71.3 cm³/mol. The molecule has 2 heterocycles. The lowest BCUT2D eigenvalue weighted by molar-refractivity contribution is 0.0701. The zero-order valence-electron chi connectivity index (χ0n) is 11.7. The van der Waals surface area contributed by atoms with Gasteiger partial charge < -0.3 is 10.2 Å². The molecule has 0 radical (unpaired) electrons. The minimum atomic E-state index is -1.14. The van der Waals surface area contributed by atoms with Crippen molar-refractivity contribution in [3.63, 3.8) is 0 Å². The Hall–Kier alpha value is -1.56. The quantitative estimate of drug-likeness (QED) is 0.907. The van der Waals surface area contributed by atoms with Gasteiger partial charge in [0.25, 0.3) is 5.91 Å². The molecule has 114 valence electrons. The molecular weight excluding hydrogens is 281 g/mol. The van der Waals surface area contributed by atoms with Crippen LogP contribution in [0.2, 0.25) is 0 Å². The van der Waals surface area contributed by atoms with E-state index in [0.29, 0.717) is 30.5 Å². The van der Waals surface area contributed by atoms with Crippen LogP contribution in [0.3, 0.4) is 0 Å². The summed E-state index contributed by atoms with van der Waals surface area (Å²) in [6.07, 6.45) is 0.735. The Balaban J connectivity index is 1.92. The fraction of sp³-hybridized carbons (Fsp3) is 0.533. The molecule has 0 spiro atoms. The zero-order valence-corrected chi connectivity index (χ0v) is 11.7. The van der Waals surface area contributed by atoms with E-state index in [0.717, 1.165) is 19.5 Å². The number of carbonyl (C=O) groups is 1. The Morgan fingerprint density at radius 1 is 1.29 bits per heavy atom. The second-order valence-electron chi connectivity index (χ2n) is 5.76. The van der Waals surface area contributed by atoms with Crippen molar-refractivity contribution in [2.24, 2.45) is 11.8 Å². The third kappa shape index (κ3) is 2.31. The van der Waals surface area contributed by atoms with Gasteiger partial charge >= 0.3 is 0 Å². The molecule has 0 aliphatic carbocycles. The van der Waals surface area contributed by atoms with Crippen molar-refractivity contribution < 1.29 is 18.0 Å². The van der Waals surface area contributed by atoms with Crippen LogP contribution in [0.15, 0.2) is 12.1 Å². The van der Waals surface area contributed by atoms with Crippen LogP contribution in [0.25, 0.3) is 0 Å². The summed E-state index contributed by atoms with van der Waals surface area (Å²) in [6, 6.07) is 1.08. The van der Waals surface area contributed by atoms with E-state index in [9.17, 15) is 18.0 Å². The monoisotopic (exact) mass is 298 g/mol. The molecular formula is C15H17F3N2O. The van der Waals surface area contributed by atoms with Crippen LogP contribution in [-0.4, -0.2) is 36.5 Å². The molecule has 1 N–H and O–H groups in total. The lowest BCUT2D eigenvalue weighted by atomic mass is 9.93. The lowest BCUT2D eigenvalue weighted by Gasteiger charge is -2.27. The third-order valence-electron chi connectivity index (χ3n) is 4.62. The molecule has 2 aliphatic rings. The standard InChI is InChI=1S/C15H17F3N2O/c1-2-13-10-6-19-5-8(10)7-20(13)15(21)14-11(17)3-9(16)4-12(14)18/h3-4,8,10,13,19H,2,5-7H2,1H3. The van der Waals surface area contributed by atoms with Gasteiger partial charge in [-0.1, -0.05) is 6.92 Å². The number of benzene rings is 1. The fourth-order valence-corrected chi connectivity index (χ4v) is 3.67. The molecule has 0 saturated carbocycles. The number of halogens is 3. The number of hydrogen-bond acceptors (Lipinski definition) is 2. The highest BCUT2D eigenvalue weighted by Gasteiger charge is 2.46. The van der Waals surface area contributed by atoms with Crippen LogP contribution in [0, 0.1) is 29.3 Å². The van der Waals surface area contributed by atoms with Crippen LogP contribution >= 0.6 is 0 Å². The second kappa shape index (κ2) is 5.33. The molecule has 1 amide bonds. The summed E-state index contributed by atoms with van der Waals surface area (Å²) < 4.78 is 40.6. The first-order valence-electron chi connectivity index (χ1n) is 7.19. The summed E-state index contributed by atoms with van der Waals surface area (Å²) in [5, 5.41) is 3.28. The summed E-state index contributed by atoms with van der Waals surface area (Å²) in [6.45, 7) is 4.09. The molecule has 3 nitrogen and oxygen atoms in total. The van der Waals surface area contributed by atoms with Crippen LogP contribution in [0.5, 0.6) is 0 Å². The van der Waals surface area contributed by atoms with E-state index in [1.165, 1.54) is 0 Å². The Bertz CT molecular complexity index is 555. The van der Waals surface area contributed by atoms with Crippen LogP contribution < -0.4 is 5.32 Å². The Kier molecular flexibility index (Phi) is 3.65. The van der Waals surface area contributed by atoms with Crippen molar-refractivity contribution >= 4 is 5.91 Å². The smallest absolute Gasteiger partial charge is 0.260 e. The predicted octanol–water partition coefficient (Wildman–Crippen LogP) is 2.17. The van der Waals surface area contributed by atoms with Gasteiger partial charge in [0, 0.05) is 37.8 Å². The average Bonchev–Trinajstić information content (AvgIpc) is 2.96. The molecule has 1 aromatic rings. The van der Waals surface area contributed by atoms with Gasteiger partial charge in [0.2, 0.25) is 0 Å². The number of hydrogen-bond donors (Lipinski definition) is 1. The van der Waals surface area contributed by atoms with Gasteiger partial charge in [0.05, 0.1) is 0 Å². The topological polar surface area (TPSA) is 32.3 Å². The normalized spacial score (nSPS) is 28.0. The van der Waals surface area contributed by atoms with E-state index in [2.05, 4.69) is 5.32 Å². The molecule has 1 aromatic carbocycles. The van der Waals surface area contributed by atoms with Crippen molar-refractivity contribution in [2.75, 3.05) is 19.6 Å². The molecule has 3 atom stereocenters. The number of carbonyl (C=O) groups excluding carboxylic acids is 1. The molecule has 0 bridgehead atoms. The average molecular weight is 298 g/mol. The van der Waals surface area contributed by atoms with E-state index in [4.69, 9.17) is 0 Å². The molecule has 2 saturated heterocycles. The fourth-order valence-electron chi connectivity index (χ4n) is 3.67. The molecule has 0 aromatic heterocycles. The molecule has 21 heavy (non-hydrogen) atoms. The molecule has 3 rings (SSSR count). The minimum absolute atomic E-state index is 0.0265. The summed E-state index contributed by atoms with van der Waals surface area (Å²) in [4.78, 5) is 14.1. The summed E-state index contributed by atoms with van der Waals surface area (Å²) in [5.41, 5.74) is -0.650. The van der Waals surface area contributed by atoms with Gasteiger partial charge in [-0.25, -0.2) is 13.2 Å². The van der Waals surface area contributed by atoms with Crippen molar-refractivity contribution in [1.29, 1.82) is 0 Å². The van der Waals surface area contributed by atoms with Gasteiger partial charge in [-0.2, -0.15) is 0 Å². The third-order valence-corrected chi connectivity index (χ3v) is 4.62. The Morgan fingerprint density at radius 2 is 1.95 bits per heavy atom. The van der Waals surface area contributed by atoms with Gasteiger partial charge in [0.1, 0.15) is 23.0 Å². The van der Waals surface area contributed by atoms with Crippen molar-refractivity contribution in [1.82, 2.24) is 10.2 Å². The highest BCUT2D eigenvalue weighted by molar-refractivity contribution is 5.95. The van der Waals surface area contributed by atoms with E-state index < -0.39 is 28.9 Å². The van der Waals surface area contributed by atoms with E-state index in [1.54, 1.807) is 4.90 Å². The first-order chi connectivity index (χ1) is 10.0. The maximum absolute atomic E-state index is 13.8. The SMILES string of the molecule is CCC1C2CNCC2CN1C(=O)c1c(F)cc(F)cc1F. The van der Waals surface area contributed by atoms with E-state index >= 15 is 0 Å². The van der Waals surface area contributed by atoms with Crippen LogP contribution in [0.4, 0.5) is 13.2 Å². The van der Waals surface area contributed by atoms with Crippen molar-refractivity contribution in [2.45, 2.75) is 19.4 Å². The highest BCUT2D eigenvalue weighted by Crippen LogP contribution is 2.35. The first kappa shape index (κ1) is 14.4. The Morgan fingerprint density at radius 3 is 2.57 bits per heavy atom. The molecule has 2 fully saturated rings. The molecule has 2 aliphatic heterocycles. The largest absolute Gasteiger partial charge is 0.335 e. The van der Waals surface area contributed by atoms with Crippen LogP contribution in [0.1, 0.15) is 23.7 Å². The number of nitrogens with one attached hydrogen (secondary N) is 1. The number of amides is 1. The van der Waals surface area contributed by atoms with Gasteiger partial charge in [-0.3, -0.25) is 4.79 Å². The number of nitrogens with zero attached hydrogens (tertiary/aromatic N) is 1. The van der Waals surface area contributed by atoms with Crippen molar-refractivity contribution in [3.8, 4) is 0 Å². The van der Waals surface area contributed by atoms with Gasteiger partial charge in [0.15, 0.2) is 0 Å². The first-order valence-corrected chi connectivity index (χ1v) is 7.19. The summed E-state index contributed by atoms with van der Waals surface area (Å²) in [5.74, 6) is -3.32. The minimum Gasteiger partial charge on any atom is -0.335 e. The summed E-state index contributed by atoms with van der Waals surface area (Å²) >= 11 is 0. The summed E-state index contributed by atoms with van der Waals surface area (Å²) in [7, 11) is 0. The number of likely N-dealkylation sites (tertiary alicyclic amines) is 1. The lowest BCUT2D eigenvalue weighted by Crippen LogP contribution is -2.40. The van der Waals surface area contributed by atoms with E-state index in [1.807, 2.05) is 6.92 Å². The van der Waals surface area contributed by atoms with Gasteiger partial charge in [-0.05, 0) is 18.3 Å². The number of fused-ring (bicyclic) bond motifs is 1. The van der Waals surface area contributed by atoms with Crippen molar-refractivity contribution in [3.05, 3.63) is 35.1 Å². The highest BCUT2D eigenvalue weighted by atomic mass is 19.1. The van der Waals surface area contributed by atoms with Gasteiger partial charge in [-0.15, -0.1) is 0 Å². The van der Waals surface area contributed by atoms with Crippen LogP contribution in [-0.2, 0) is 0 Å². The molecule has 6 heteroatoms. The maximum atomic E-state index is 13.8. The maximum Gasteiger partial charge on any atom is 0.260 e. The molecule has 3 unspecified atom stereocenters. The zero-order chi connectivity index (χ0) is 15.1. The number of rotatable bonds is 2. The second-order valence-corrected chi connectivity index (χ2v) is 5.76. The van der Waals surface area contributed by atoms with E-state index in [-0.39, 0.29) is 6.04 Å². The Labute approximate surface area is 121 Å².